The summed E-state index contributed by atoms with van der Waals surface area (Å²) >= 11 is 0. The van der Waals surface area contributed by atoms with Crippen molar-refractivity contribution in [1.29, 1.82) is 5.26 Å². The fraction of sp³-hybridized carbons (Fsp3) is 0.186. The Morgan fingerprint density at radius 3 is 1.03 bits per heavy atom. The summed E-state index contributed by atoms with van der Waals surface area (Å²) in [5.74, 6) is 3.51. The van der Waals surface area contributed by atoms with Gasteiger partial charge in [-0.25, -0.2) is 32.5 Å². The summed E-state index contributed by atoms with van der Waals surface area (Å²) in [6.07, 6.45) is -1.32. The summed E-state index contributed by atoms with van der Waals surface area (Å²) in [6.45, 7) is 7.53. The number of carbonyl (C=O) groups is 3. The number of para-hydroxylation sites is 3. The first-order chi connectivity index (χ1) is 58.4. The number of imidazole rings is 3. The minimum absolute atomic E-state index is 0.0172. The SMILES string of the molecule is COCCn1c(Cc2ccc(-c3cccc4c3OC(c3ccc(C#N)cc3F)O4)cc2F)nc2ccc(C(C)=O)cc21.COCCn1c(Cc2ccc(-c3cccc4c3OC(c3ccccc3)O4)cc2F)nc2ccc(C(C)=O)cc21.COCCn1c(Cc2ccc(-c3cccc4c3O[C@H](c3ccccc3)O4)cc2F)nc2ccc(C(C)=O)cc21. The number of methoxy groups -OCH3 is 3. The van der Waals surface area contributed by atoms with Crippen LogP contribution < -0.4 is 28.4 Å². The van der Waals surface area contributed by atoms with Gasteiger partial charge in [0.25, 0.3) is 18.9 Å². The second-order valence-corrected chi connectivity index (χ2v) is 29.0. The van der Waals surface area contributed by atoms with Crippen molar-refractivity contribution in [1.82, 2.24) is 28.7 Å². The Bertz CT molecular complexity index is 6230. The number of fused-ring (bicyclic) bond motifs is 6. The van der Waals surface area contributed by atoms with Crippen LogP contribution in [0.25, 0.3) is 66.5 Å². The van der Waals surface area contributed by atoms with Crippen LogP contribution in [0.3, 0.4) is 0 Å². The van der Waals surface area contributed by atoms with E-state index in [0.717, 1.165) is 55.9 Å². The maximum absolute atomic E-state index is 15.6. The van der Waals surface area contributed by atoms with E-state index in [1.54, 1.807) is 94.1 Å². The molecule has 0 saturated carbocycles. The van der Waals surface area contributed by atoms with Crippen molar-refractivity contribution in [3.8, 4) is 73.9 Å². The standard InChI is InChI=1S/C33H25F2N3O4.2C32H27FN2O4/c1-19(39)21-9-11-28-29(16-21)38(12-13-40-2)31(37-28)17-23-8-7-22(15-26(23)34)24-4-3-5-30-32(24)42-33(41-30)25-10-6-20(18-36)14-27(25)35;2*1-20(36)22-13-14-27-28(18-22)35(15-16-37-2)30(34-27)19-24-12-11-23(17-26(24)33)25-9-6-10-29-31(25)39-32(38-29)21-7-4-3-5-8-21/h3-11,14-16,33H,12-13,17H2,1-2H3;2*3-14,17-18,32H,15-16,19H2,1-2H3/t;32-;/m.1./s1. The van der Waals surface area contributed by atoms with Crippen molar-refractivity contribution in [2.45, 2.75) is 78.5 Å². The van der Waals surface area contributed by atoms with Crippen molar-refractivity contribution in [2.75, 3.05) is 41.2 Å². The first-order valence-corrected chi connectivity index (χ1v) is 38.9. The monoisotopic (exact) mass is 1610 g/mol. The first-order valence-electron chi connectivity index (χ1n) is 38.9. The molecule has 6 heterocycles. The molecule has 0 spiro atoms. The Labute approximate surface area is 688 Å². The minimum atomic E-state index is -1.04. The van der Waals surface area contributed by atoms with E-state index in [0.29, 0.717) is 165 Å². The van der Waals surface area contributed by atoms with Crippen molar-refractivity contribution in [2.24, 2.45) is 0 Å². The molecule has 3 aromatic heterocycles. The molecule has 18 rings (SSSR count). The molecule has 23 heteroatoms. The molecule has 3 aliphatic heterocycles. The zero-order valence-electron chi connectivity index (χ0n) is 66.2. The summed E-state index contributed by atoms with van der Waals surface area (Å²) in [6, 6.07) is 73.5. The Morgan fingerprint density at radius 2 is 0.717 bits per heavy atom. The van der Waals surface area contributed by atoms with Crippen LogP contribution in [0.15, 0.2) is 243 Å². The first kappa shape index (κ1) is 79.8. The Morgan fingerprint density at radius 1 is 0.375 bits per heavy atom. The topological polar surface area (TPSA) is 212 Å². The van der Waals surface area contributed by atoms with Gasteiger partial charge in [-0.2, -0.15) is 5.26 Å². The van der Waals surface area contributed by atoms with Gasteiger partial charge in [-0.1, -0.05) is 133 Å². The number of hydrogen-bond donors (Lipinski definition) is 0. The highest BCUT2D eigenvalue weighted by atomic mass is 19.1. The van der Waals surface area contributed by atoms with Crippen molar-refractivity contribution < 1.29 is 74.6 Å². The number of ketones is 3. The predicted octanol–water partition coefficient (Wildman–Crippen LogP) is 20.3. The van der Waals surface area contributed by atoms with Gasteiger partial charge in [0.2, 0.25) is 0 Å². The van der Waals surface area contributed by atoms with Crippen LogP contribution in [-0.2, 0) is 53.1 Å². The van der Waals surface area contributed by atoms with E-state index in [4.69, 9.17) is 62.8 Å². The summed E-state index contributed by atoms with van der Waals surface area (Å²) in [7, 11) is 4.88. The molecular formula is C97H79F4N7O12. The molecule has 120 heavy (non-hydrogen) atoms. The van der Waals surface area contributed by atoms with E-state index in [2.05, 4.69) is 0 Å². The second kappa shape index (κ2) is 35.0. The molecule has 0 bridgehead atoms. The number of Topliss-reactive ketones (excluding diaryl/α,β-unsaturated/α-hetero) is 3. The van der Waals surface area contributed by atoms with Gasteiger partial charge in [-0.3, -0.25) is 14.4 Å². The molecule has 0 saturated heterocycles. The number of nitrogens with zero attached hydrogens (tertiary/aromatic N) is 7. The van der Waals surface area contributed by atoms with Gasteiger partial charge in [0.05, 0.1) is 70.1 Å². The molecule has 0 N–H and O–H groups in total. The molecule has 15 aromatic rings. The largest absolute Gasteiger partial charge is 0.447 e. The highest BCUT2D eigenvalue weighted by Crippen LogP contribution is 2.50. The summed E-state index contributed by atoms with van der Waals surface area (Å²) in [5.41, 5.74) is 14.2. The Hall–Kier alpha value is -14.1. The lowest BCUT2D eigenvalue weighted by atomic mass is 10.0. The van der Waals surface area contributed by atoms with E-state index in [-0.39, 0.29) is 46.5 Å². The highest BCUT2D eigenvalue weighted by molar-refractivity contribution is 5.99. The minimum Gasteiger partial charge on any atom is -0.447 e. The quantitative estimate of drug-likeness (QED) is 0.0406. The van der Waals surface area contributed by atoms with E-state index >= 15 is 13.2 Å². The number of halogens is 4. The van der Waals surface area contributed by atoms with Gasteiger partial charge in [0, 0.05) is 105 Å². The third kappa shape index (κ3) is 16.7. The predicted molar refractivity (Wildman–Crippen MR) is 445 cm³/mol. The normalized spacial score (nSPS) is 14.1. The van der Waals surface area contributed by atoms with E-state index < -0.39 is 30.5 Å². The van der Waals surface area contributed by atoms with E-state index in [1.165, 1.54) is 51.1 Å². The van der Waals surface area contributed by atoms with Crippen molar-refractivity contribution in [3.63, 3.8) is 0 Å². The summed E-state index contributed by atoms with van der Waals surface area (Å²) < 4.78 is 119. The van der Waals surface area contributed by atoms with Gasteiger partial charge in [0.15, 0.2) is 51.8 Å². The molecule has 0 radical (unpaired) electrons. The van der Waals surface area contributed by atoms with E-state index in [1.807, 2.05) is 153 Å². The molecular weight excluding hydrogens is 1530 g/mol. The molecule has 3 aliphatic rings. The molecule has 3 atom stereocenters. The van der Waals surface area contributed by atoms with Gasteiger partial charge in [-0.15, -0.1) is 0 Å². The Kier molecular flexibility index (Phi) is 23.3. The van der Waals surface area contributed by atoms with E-state index in [9.17, 15) is 18.8 Å². The summed E-state index contributed by atoms with van der Waals surface area (Å²) in [5, 5.41) is 9.03. The lowest BCUT2D eigenvalue weighted by molar-refractivity contribution is 0.0456. The van der Waals surface area contributed by atoms with Crippen LogP contribution in [0.2, 0.25) is 0 Å². The maximum Gasteiger partial charge on any atom is 0.270 e. The van der Waals surface area contributed by atoms with Gasteiger partial charge in [-0.05, 0) is 163 Å². The smallest absolute Gasteiger partial charge is 0.270 e. The average Bonchev–Trinajstić information content (AvgIpc) is 1.61. The number of aromatic nitrogens is 6. The second-order valence-electron chi connectivity index (χ2n) is 29.0. The van der Waals surface area contributed by atoms with Gasteiger partial charge < -0.3 is 56.3 Å². The zero-order chi connectivity index (χ0) is 83.2. The highest BCUT2D eigenvalue weighted by Gasteiger charge is 2.34. The maximum atomic E-state index is 15.6. The summed E-state index contributed by atoms with van der Waals surface area (Å²) in [4.78, 5) is 50.1. The average molecular weight is 1610 g/mol. The van der Waals surface area contributed by atoms with Gasteiger partial charge in [0.1, 0.15) is 40.7 Å². The Balaban J connectivity index is 0.000000134. The molecule has 602 valence electrons. The van der Waals surface area contributed by atoms with Crippen LogP contribution in [-0.4, -0.2) is 87.2 Å². The lowest BCUT2D eigenvalue weighted by Crippen LogP contribution is -2.10. The fourth-order valence-corrected chi connectivity index (χ4v) is 15.0. The number of ether oxygens (including phenoxy) is 9. The third-order valence-electron chi connectivity index (χ3n) is 21.2. The molecule has 19 nitrogen and oxygen atoms in total. The molecule has 12 aromatic carbocycles. The zero-order valence-corrected chi connectivity index (χ0v) is 66.2. The third-order valence-corrected chi connectivity index (χ3v) is 21.2. The van der Waals surface area contributed by atoms with Crippen LogP contribution in [0.4, 0.5) is 17.6 Å². The fourth-order valence-electron chi connectivity index (χ4n) is 15.0. The van der Waals surface area contributed by atoms with Crippen LogP contribution in [0.1, 0.15) is 127 Å². The number of hydrogen-bond acceptors (Lipinski definition) is 16. The molecule has 0 aliphatic carbocycles. The molecule has 2 unspecified atom stereocenters. The number of benzene rings is 12. The van der Waals surface area contributed by atoms with Crippen molar-refractivity contribution in [3.05, 3.63) is 339 Å². The molecule has 0 fully saturated rings. The van der Waals surface area contributed by atoms with Crippen LogP contribution in [0, 0.1) is 34.6 Å². The van der Waals surface area contributed by atoms with Crippen LogP contribution >= 0.6 is 0 Å². The van der Waals surface area contributed by atoms with Crippen LogP contribution in [0.5, 0.6) is 34.5 Å². The van der Waals surface area contributed by atoms with Crippen molar-refractivity contribution >= 4 is 50.4 Å². The van der Waals surface area contributed by atoms with Gasteiger partial charge >= 0.3 is 0 Å². The number of carbonyl (C=O) groups excluding carboxylic acids is 3. The molecule has 0 amide bonds. The lowest BCUT2D eigenvalue weighted by Gasteiger charge is -2.13. The number of rotatable bonds is 24. The number of nitriles is 1.